The van der Waals surface area contributed by atoms with Crippen LogP contribution in [0.1, 0.15) is 24.5 Å². The topological polar surface area (TPSA) is 93.0 Å². The second-order valence-corrected chi connectivity index (χ2v) is 5.12. The van der Waals surface area contributed by atoms with Crippen LogP contribution in [-0.2, 0) is 32.0 Å². The normalized spacial score (nSPS) is 14.0. The summed E-state index contributed by atoms with van der Waals surface area (Å²) in [4.78, 5) is 38.3. The molecule has 1 aliphatic heterocycles. The molecule has 0 saturated carbocycles. The van der Waals surface area contributed by atoms with E-state index < -0.39 is 11.9 Å². The fraction of sp³-hybridized carbons (Fsp3) is 0.294. The fourth-order valence-electron chi connectivity index (χ4n) is 2.22. The third kappa shape index (κ3) is 4.60. The van der Waals surface area contributed by atoms with Crippen molar-refractivity contribution >= 4 is 23.4 Å². The van der Waals surface area contributed by atoms with E-state index >= 15 is 0 Å². The second kappa shape index (κ2) is 7.49. The highest BCUT2D eigenvalue weighted by molar-refractivity contribution is 6.24. The van der Waals surface area contributed by atoms with Crippen LogP contribution in [0, 0.1) is 0 Å². The zero-order valence-corrected chi connectivity index (χ0v) is 12.7. The molecule has 0 amide bonds. The van der Waals surface area contributed by atoms with Crippen molar-refractivity contribution in [3.8, 4) is 0 Å². The molecule has 1 aromatic rings. The maximum atomic E-state index is 12.0. The predicted molar refractivity (Wildman–Crippen MR) is 83.3 cm³/mol. The molecular weight excluding hydrogens is 298 g/mol. The average Bonchev–Trinajstić information content (AvgIpc) is 2.49. The zero-order chi connectivity index (χ0) is 16.8. The van der Waals surface area contributed by atoms with Crippen molar-refractivity contribution in [3.05, 3.63) is 47.2 Å². The molecule has 0 aliphatic carbocycles. The number of hydrogen-bond acceptors (Lipinski definition) is 5. The number of rotatable bonds is 6. The smallest absolute Gasteiger partial charge is 0.343 e. The lowest BCUT2D eigenvalue weighted by atomic mass is 9.98. The number of aliphatic carboxylic acids is 1. The Labute approximate surface area is 133 Å². The van der Waals surface area contributed by atoms with Gasteiger partial charge in [-0.15, -0.1) is 0 Å². The molecule has 0 spiro atoms. The molecule has 23 heavy (non-hydrogen) atoms. The van der Waals surface area contributed by atoms with Crippen LogP contribution >= 0.6 is 0 Å². The van der Waals surface area contributed by atoms with Gasteiger partial charge in [-0.25, -0.2) is 4.79 Å². The number of carboxylic acids is 1. The molecule has 0 fully saturated rings. The third-order valence-electron chi connectivity index (χ3n) is 3.32. The van der Waals surface area contributed by atoms with Gasteiger partial charge in [-0.3, -0.25) is 14.6 Å². The summed E-state index contributed by atoms with van der Waals surface area (Å²) in [6.07, 6.45) is 1.80. The highest BCUT2D eigenvalue weighted by Crippen LogP contribution is 2.15. The van der Waals surface area contributed by atoms with Gasteiger partial charge in [0.15, 0.2) is 5.78 Å². The summed E-state index contributed by atoms with van der Waals surface area (Å²) in [6.45, 7) is 1.89. The van der Waals surface area contributed by atoms with Gasteiger partial charge in [0.1, 0.15) is 5.57 Å². The van der Waals surface area contributed by atoms with Gasteiger partial charge < -0.3 is 9.84 Å². The first-order chi connectivity index (χ1) is 11.0. The van der Waals surface area contributed by atoms with Gasteiger partial charge >= 0.3 is 11.9 Å². The number of Topliss-reactive ketones (excluding diaryl/α,β-unsaturated/α-hetero) is 1. The molecule has 6 nitrogen and oxygen atoms in total. The third-order valence-corrected chi connectivity index (χ3v) is 3.32. The highest BCUT2D eigenvalue weighted by Gasteiger charge is 2.24. The molecule has 1 aromatic carbocycles. The van der Waals surface area contributed by atoms with Gasteiger partial charge in [-0.1, -0.05) is 24.3 Å². The van der Waals surface area contributed by atoms with Crippen molar-refractivity contribution < 1.29 is 24.2 Å². The molecule has 0 unspecified atom stereocenters. The van der Waals surface area contributed by atoms with Crippen LogP contribution in [0.4, 0.5) is 0 Å². The van der Waals surface area contributed by atoms with E-state index in [0.717, 1.165) is 5.56 Å². The minimum Gasteiger partial charge on any atom is -0.481 e. The number of nitrogens with zero attached hydrogens (tertiary/aromatic N) is 1. The first-order valence-electron chi connectivity index (χ1n) is 7.25. The van der Waals surface area contributed by atoms with Gasteiger partial charge in [0.25, 0.3) is 0 Å². The summed E-state index contributed by atoms with van der Waals surface area (Å²) in [6, 6.07) is 7.12. The summed E-state index contributed by atoms with van der Waals surface area (Å²) < 4.78 is 4.80. The monoisotopic (exact) mass is 315 g/mol. The summed E-state index contributed by atoms with van der Waals surface area (Å²) in [5, 5.41) is 8.73. The Balaban J connectivity index is 2.05. The van der Waals surface area contributed by atoms with Crippen molar-refractivity contribution in [2.45, 2.75) is 26.2 Å². The van der Waals surface area contributed by atoms with Crippen LogP contribution in [0.5, 0.6) is 0 Å². The number of benzene rings is 1. The van der Waals surface area contributed by atoms with E-state index in [2.05, 4.69) is 4.99 Å². The molecule has 1 N–H and O–H groups in total. The molecule has 0 aromatic heterocycles. The molecule has 0 atom stereocenters. The van der Waals surface area contributed by atoms with Gasteiger partial charge in [-0.05, 0) is 18.1 Å². The first kappa shape index (κ1) is 16.6. The van der Waals surface area contributed by atoms with E-state index in [1.807, 2.05) is 12.1 Å². The molecule has 2 rings (SSSR count). The van der Waals surface area contributed by atoms with Gasteiger partial charge in [0.05, 0.1) is 19.4 Å². The van der Waals surface area contributed by atoms with Crippen molar-refractivity contribution in [1.82, 2.24) is 0 Å². The molecule has 0 saturated heterocycles. The van der Waals surface area contributed by atoms with Crippen LogP contribution < -0.4 is 0 Å². The Morgan fingerprint density at radius 1 is 1.22 bits per heavy atom. The van der Waals surface area contributed by atoms with E-state index in [9.17, 15) is 14.4 Å². The number of aliphatic imine (C=N–C) groups is 1. The Bertz CT molecular complexity index is 685. The summed E-state index contributed by atoms with van der Waals surface area (Å²) in [5.74, 6) is -1.81. The minimum absolute atomic E-state index is 0.0209. The molecular formula is C17H17NO5. The molecule has 1 aliphatic rings. The number of ether oxygens (including phenoxy) is 1. The lowest BCUT2D eigenvalue weighted by Gasteiger charge is -2.12. The minimum atomic E-state index is -0.878. The van der Waals surface area contributed by atoms with Crippen molar-refractivity contribution in [3.63, 3.8) is 0 Å². The lowest BCUT2D eigenvalue weighted by molar-refractivity contribution is -0.140. The van der Waals surface area contributed by atoms with Gasteiger partial charge in [-0.2, -0.15) is 0 Å². The fourth-order valence-corrected chi connectivity index (χ4v) is 2.22. The number of esters is 1. The standard InChI is InChI=1S/C17H17NO5/c1-2-23-17(22)14-10-18-13(9-15(14)19)7-11-3-5-12(6-4-11)8-16(20)21/h3-6,10H,2,7-9H2,1H3,(H,20,21). The Morgan fingerprint density at radius 3 is 2.43 bits per heavy atom. The maximum absolute atomic E-state index is 12.0. The van der Waals surface area contributed by atoms with Crippen LogP contribution in [0.3, 0.4) is 0 Å². The number of ketones is 1. The van der Waals surface area contributed by atoms with Crippen molar-refractivity contribution in [1.29, 1.82) is 0 Å². The molecule has 1 heterocycles. The Kier molecular flexibility index (Phi) is 5.41. The van der Waals surface area contributed by atoms with E-state index in [1.54, 1.807) is 19.1 Å². The lowest BCUT2D eigenvalue weighted by Crippen LogP contribution is -2.22. The molecule has 120 valence electrons. The average molecular weight is 315 g/mol. The van der Waals surface area contributed by atoms with E-state index in [-0.39, 0.29) is 30.8 Å². The highest BCUT2D eigenvalue weighted by atomic mass is 16.5. The zero-order valence-electron chi connectivity index (χ0n) is 12.7. The SMILES string of the molecule is CCOC(=O)C1=CN=C(Cc2ccc(CC(=O)O)cc2)CC1=O. The molecule has 0 bridgehead atoms. The van der Waals surface area contributed by atoms with E-state index in [4.69, 9.17) is 9.84 Å². The van der Waals surface area contributed by atoms with Gasteiger partial charge in [0, 0.05) is 18.3 Å². The van der Waals surface area contributed by atoms with Crippen LogP contribution in [-0.4, -0.2) is 35.1 Å². The summed E-state index contributed by atoms with van der Waals surface area (Å²) >= 11 is 0. The number of carboxylic acid groups (broad SMARTS) is 1. The maximum Gasteiger partial charge on any atom is 0.343 e. The predicted octanol–water partition coefficient (Wildman–Crippen LogP) is 1.72. The molecule has 6 heteroatoms. The van der Waals surface area contributed by atoms with Crippen molar-refractivity contribution in [2.24, 2.45) is 4.99 Å². The second-order valence-electron chi connectivity index (χ2n) is 5.12. The van der Waals surface area contributed by atoms with Crippen LogP contribution in [0.15, 0.2) is 41.0 Å². The number of carbonyl (C=O) groups is 3. The van der Waals surface area contributed by atoms with E-state index in [1.165, 1.54) is 6.20 Å². The van der Waals surface area contributed by atoms with Gasteiger partial charge in [0.2, 0.25) is 0 Å². The number of hydrogen-bond donors (Lipinski definition) is 1. The summed E-state index contributed by atoms with van der Waals surface area (Å²) in [7, 11) is 0. The van der Waals surface area contributed by atoms with Crippen LogP contribution in [0.25, 0.3) is 0 Å². The quantitative estimate of drug-likeness (QED) is 0.637. The van der Waals surface area contributed by atoms with Crippen molar-refractivity contribution in [2.75, 3.05) is 6.61 Å². The van der Waals surface area contributed by atoms with E-state index in [0.29, 0.717) is 17.7 Å². The number of carbonyl (C=O) groups excluding carboxylic acids is 2. The molecule has 0 radical (unpaired) electrons. The Hall–Kier alpha value is -2.76. The first-order valence-corrected chi connectivity index (χ1v) is 7.25. The van der Waals surface area contributed by atoms with Crippen LogP contribution in [0.2, 0.25) is 0 Å². The largest absolute Gasteiger partial charge is 0.481 e. The summed E-state index contributed by atoms with van der Waals surface area (Å²) in [5.41, 5.74) is 2.28. The Morgan fingerprint density at radius 2 is 1.87 bits per heavy atom.